The van der Waals surface area contributed by atoms with Gasteiger partial charge in [0.2, 0.25) is 0 Å². The number of carbonyl (C=O) groups excluding carboxylic acids is 1. The van der Waals surface area contributed by atoms with Crippen molar-refractivity contribution in [2.75, 3.05) is 18.6 Å². The average Bonchev–Trinajstić information content (AvgIpc) is 3.05. The molecule has 146 valence electrons. The molecule has 3 aromatic rings. The highest BCUT2D eigenvalue weighted by molar-refractivity contribution is 6.33. The number of hydrogen-bond acceptors (Lipinski definition) is 3. The van der Waals surface area contributed by atoms with Crippen LogP contribution in [0.2, 0.25) is 5.02 Å². The summed E-state index contributed by atoms with van der Waals surface area (Å²) in [5, 5.41) is 9.14. The van der Waals surface area contributed by atoms with Gasteiger partial charge in [-0.25, -0.2) is 9.59 Å². The molecule has 0 spiro atoms. The van der Waals surface area contributed by atoms with E-state index < -0.39 is 12.1 Å². The fourth-order valence-electron chi connectivity index (χ4n) is 3.68. The fraction of sp³-hybridized carbons (Fsp3) is 0.130. The molecular formula is C23H18ClNO4. The van der Waals surface area contributed by atoms with Crippen LogP contribution in [0.5, 0.6) is 0 Å². The number of carboxylic acids is 1. The van der Waals surface area contributed by atoms with Crippen molar-refractivity contribution in [2.24, 2.45) is 0 Å². The number of carboxylic acid groups (broad SMARTS) is 1. The SMILES string of the molecule is CN(C(=O)OCC1c2ccccc2-c2ccccc21)c1ccc(C(=O)O)c(Cl)c1. The summed E-state index contributed by atoms with van der Waals surface area (Å²) in [6, 6.07) is 20.6. The highest BCUT2D eigenvalue weighted by atomic mass is 35.5. The zero-order chi connectivity index (χ0) is 20.5. The lowest BCUT2D eigenvalue weighted by Crippen LogP contribution is -2.28. The zero-order valence-corrected chi connectivity index (χ0v) is 16.4. The van der Waals surface area contributed by atoms with E-state index in [2.05, 4.69) is 24.3 Å². The van der Waals surface area contributed by atoms with Crippen LogP contribution >= 0.6 is 11.6 Å². The lowest BCUT2D eigenvalue weighted by atomic mass is 9.98. The van der Waals surface area contributed by atoms with E-state index in [1.165, 1.54) is 23.1 Å². The van der Waals surface area contributed by atoms with Crippen molar-refractivity contribution in [1.82, 2.24) is 0 Å². The number of hydrogen-bond donors (Lipinski definition) is 1. The molecule has 0 saturated heterocycles. The second-order valence-corrected chi connectivity index (χ2v) is 7.24. The highest BCUT2D eigenvalue weighted by Gasteiger charge is 2.29. The molecule has 0 radical (unpaired) electrons. The van der Waals surface area contributed by atoms with Crippen molar-refractivity contribution in [3.8, 4) is 11.1 Å². The molecule has 1 aliphatic carbocycles. The number of anilines is 1. The Balaban J connectivity index is 1.51. The second kappa shape index (κ2) is 7.60. The first-order valence-corrected chi connectivity index (χ1v) is 9.46. The maximum Gasteiger partial charge on any atom is 0.414 e. The van der Waals surface area contributed by atoms with Gasteiger partial charge in [0.1, 0.15) is 6.61 Å². The van der Waals surface area contributed by atoms with Gasteiger partial charge in [-0.15, -0.1) is 0 Å². The Labute approximate surface area is 173 Å². The van der Waals surface area contributed by atoms with E-state index >= 15 is 0 Å². The number of carbonyl (C=O) groups is 2. The van der Waals surface area contributed by atoms with Gasteiger partial charge in [0.05, 0.1) is 10.6 Å². The number of halogens is 1. The van der Waals surface area contributed by atoms with Gasteiger partial charge in [0.25, 0.3) is 0 Å². The van der Waals surface area contributed by atoms with Crippen molar-refractivity contribution in [3.63, 3.8) is 0 Å². The van der Waals surface area contributed by atoms with Crippen LogP contribution in [0.1, 0.15) is 27.4 Å². The van der Waals surface area contributed by atoms with Crippen molar-refractivity contribution in [3.05, 3.63) is 88.4 Å². The number of amides is 1. The molecule has 0 saturated carbocycles. The molecule has 1 N–H and O–H groups in total. The molecule has 4 rings (SSSR count). The monoisotopic (exact) mass is 407 g/mol. The highest BCUT2D eigenvalue weighted by Crippen LogP contribution is 2.44. The van der Waals surface area contributed by atoms with Gasteiger partial charge >= 0.3 is 12.1 Å². The Bertz CT molecular complexity index is 1070. The molecule has 29 heavy (non-hydrogen) atoms. The van der Waals surface area contributed by atoms with Crippen LogP contribution in [0.3, 0.4) is 0 Å². The predicted molar refractivity (Wildman–Crippen MR) is 112 cm³/mol. The minimum atomic E-state index is -1.12. The molecule has 1 amide bonds. The largest absolute Gasteiger partial charge is 0.478 e. The minimum Gasteiger partial charge on any atom is -0.478 e. The van der Waals surface area contributed by atoms with Crippen molar-refractivity contribution in [1.29, 1.82) is 0 Å². The number of fused-ring (bicyclic) bond motifs is 3. The summed E-state index contributed by atoms with van der Waals surface area (Å²) in [6.07, 6.45) is -0.536. The molecule has 5 nitrogen and oxygen atoms in total. The molecule has 0 aromatic heterocycles. The van der Waals surface area contributed by atoms with E-state index in [1.54, 1.807) is 7.05 Å². The molecule has 0 heterocycles. The second-order valence-electron chi connectivity index (χ2n) is 6.83. The lowest BCUT2D eigenvalue weighted by Gasteiger charge is -2.20. The number of rotatable bonds is 4. The molecular weight excluding hydrogens is 390 g/mol. The maximum absolute atomic E-state index is 12.6. The molecule has 0 bridgehead atoms. The number of nitrogens with zero attached hydrogens (tertiary/aromatic N) is 1. The zero-order valence-electron chi connectivity index (χ0n) is 15.6. The summed E-state index contributed by atoms with van der Waals surface area (Å²) in [6.45, 7) is 0.206. The first kappa shape index (κ1) is 19.0. The van der Waals surface area contributed by atoms with Crippen LogP contribution in [0, 0.1) is 0 Å². The van der Waals surface area contributed by atoms with E-state index in [9.17, 15) is 9.59 Å². The summed E-state index contributed by atoms with van der Waals surface area (Å²) < 4.78 is 5.60. The van der Waals surface area contributed by atoms with E-state index in [-0.39, 0.29) is 23.1 Å². The van der Waals surface area contributed by atoms with Gasteiger partial charge in [-0.1, -0.05) is 60.1 Å². The summed E-state index contributed by atoms with van der Waals surface area (Å²) in [7, 11) is 1.56. The van der Waals surface area contributed by atoms with Crippen LogP contribution in [-0.2, 0) is 4.74 Å². The van der Waals surface area contributed by atoms with Gasteiger partial charge in [0, 0.05) is 18.7 Å². The molecule has 6 heteroatoms. The normalized spacial score (nSPS) is 12.2. The Morgan fingerprint density at radius 1 is 1.00 bits per heavy atom. The van der Waals surface area contributed by atoms with E-state index in [0.29, 0.717) is 5.69 Å². The van der Waals surface area contributed by atoms with Crippen LogP contribution in [-0.4, -0.2) is 30.8 Å². The maximum atomic E-state index is 12.6. The predicted octanol–water partition coefficient (Wildman–Crippen LogP) is 5.42. The summed E-state index contributed by atoms with van der Waals surface area (Å²) >= 11 is 6.01. The van der Waals surface area contributed by atoms with E-state index in [1.807, 2.05) is 24.3 Å². The van der Waals surface area contributed by atoms with Gasteiger partial charge in [-0.2, -0.15) is 0 Å². The van der Waals surface area contributed by atoms with Crippen LogP contribution in [0.15, 0.2) is 66.7 Å². The van der Waals surface area contributed by atoms with Crippen LogP contribution < -0.4 is 4.90 Å². The van der Waals surface area contributed by atoms with Crippen LogP contribution in [0.4, 0.5) is 10.5 Å². The molecule has 3 aromatic carbocycles. The van der Waals surface area contributed by atoms with Gasteiger partial charge in [-0.3, -0.25) is 4.90 Å². The smallest absolute Gasteiger partial charge is 0.414 e. The van der Waals surface area contributed by atoms with Gasteiger partial charge in [0.15, 0.2) is 0 Å². The molecule has 0 unspecified atom stereocenters. The first-order chi connectivity index (χ1) is 14.0. The number of aromatic carboxylic acids is 1. The lowest BCUT2D eigenvalue weighted by molar-refractivity contribution is 0.0697. The quantitative estimate of drug-likeness (QED) is 0.626. The molecule has 0 fully saturated rings. The van der Waals surface area contributed by atoms with Crippen LogP contribution in [0.25, 0.3) is 11.1 Å². The molecule has 0 aliphatic heterocycles. The third-order valence-electron chi connectivity index (χ3n) is 5.18. The molecule has 0 atom stereocenters. The van der Waals surface area contributed by atoms with Crippen molar-refractivity contribution in [2.45, 2.75) is 5.92 Å². The number of benzene rings is 3. The average molecular weight is 408 g/mol. The van der Waals surface area contributed by atoms with Crippen molar-refractivity contribution < 1.29 is 19.4 Å². The summed E-state index contributed by atoms with van der Waals surface area (Å²) in [4.78, 5) is 25.0. The minimum absolute atomic E-state index is 0.0173. The summed E-state index contributed by atoms with van der Waals surface area (Å²) in [5.41, 5.74) is 5.03. The topological polar surface area (TPSA) is 66.8 Å². The Hall–Kier alpha value is -3.31. The van der Waals surface area contributed by atoms with E-state index in [0.717, 1.165) is 22.3 Å². The Morgan fingerprint density at radius 2 is 1.59 bits per heavy atom. The fourth-order valence-corrected chi connectivity index (χ4v) is 3.94. The number of ether oxygens (including phenoxy) is 1. The third-order valence-corrected chi connectivity index (χ3v) is 5.49. The van der Waals surface area contributed by atoms with Crippen molar-refractivity contribution >= 4 is 29.4 Å². The van der Waals surface area contributed by atoms with Gasteiger partial charge < -0.3 is 9.84 Å². The van der Waals surface area contributed by atoms with Gasteiger partial charge in [-0.05, 0) is 40.5 Å². The standard InChI is InChI=1S/C23H18ClNO4/c1-25(14-10-11-19(22(26)27)21(24)12-14)23(28)29-13-20-17-8-4-2-6-15(17)16-7-3-5-9-18(16)20/h2-12,20H,13H2,1H3,(H,26,27). The Morgan fingerprint density at radius 3 is 2.14 bits per heavy atom. The molecule has 1 aliphatic rings. The third kappa shape index (κ3) is 3.45. The summed E-state index contributed by atoms with van der Waals surface area (Å²) in [5.74, 6) is -1.15. The Kier molecular flexibility index (Phi) is 4.99. The first-order valence-electron chi connectivity index (χ1n) is 9.09. The van der Waals surface area contributed by atoms with E-state index in [4.69, 9.17) is 21.4 Å².